The molecule has 0 saturated carbocycles. The van der Waals surface area contributed by atoms with Crippen molar-refractivity contribution < 1.29 is 4.79 Å². The van der Waals surface area contributed by atoms with Gasteiger partial charge in [-0.1, -0.05) is 61.5 Å². The summed E-state index contributed by atoms with van der Waals surface area (Å²) in [6.45, 7) is 7.54. The number of carbonyl (C=O) groups is 1. The van der Waals surface area contributed by atoms with Crippen LogP contribution in [-0.2, 0) is 10.2 Å². The highest BCUT2D eigenvalue weighted by Gasteiger charge is 2.23. The Hall–Kier alpha value is -1.97. The topological polar surface area (TPSA) is 89.3 Å². The fraction of sp³-hybridized carbons (Fsp3) is 0.353. The van der Waals surface area contributed by atoms with Gasteiger partial charge < -0.3 is 5.32 Å². The van der Waals surface area contributed by atoms with Crippen molar-refractivity contribution >= 4 is 51.3 Å². The molecule has 0 spiro atoms. The van der Waals surface area contributed by atoms with Crippen LogP contribution in [0.1, 0.15) is 32.0 Å². The van der Waals surface area contributed by atoms with E-state index < -0.39 is 5.41 Å². The molecule has 0 saturated heterocycles. The van der Waals surface area contributed by atoms with Crippen molar-refractivity contribution in [3.05, 3.63) is 44.8 Å². The third kappa shape index (κ3) is 4.31. The molecule has 142 valence electrons. The monoisotopic (exact) mass is 423 g/mol. The fourth-order valence-electron chi connectivity index (χ4n) is 2.28. The van der Waals surface area contributed by atoms with Gasteiger partial charge in [0.25, 0.3) is 5.56 Å². The van der Waals surface area contributed by atoms with E-state index in [4.69, 9.17) is 11.6 Å². The summed E-state index contributed by atoms with van der Waals surface area (Å²) in [7, 11) is 0. The van der Waals surface area contributed by atoms with Crippen LogP contribution in [0.4, 0.5) is 5.69 Å². The normalized spacial score (nSPS) is 11.7. The lowest BCUT2D eigenvalue weighted by atomic mass is 9.93. The molecule has 2 aromatic heterocycles. The Labute approximate surface area is 169 Å². The third-order valence-corrected chi connectivity index (χ3v) is 6.19. The molecule has 10 heteroatoms. The number of nitrogens with one attached hydrogen (secondary N) is 1. The molecule has 7 nitrogen and oxygen atoms in total. The first-order chi connectivity index (χ1) is 12.7. The minimum Gasteiger partial charge on any atom is -0.325 e. The van der Waals surface area contributed by atoms with Crippen LogP contribution >= 0.6 is 34.7 Å². The number of nitrogens with zero attached hydrogens (tertiary/aromatic N) is 4. The number of anilines is 1. The number of aromatic nitrogens is 4. The fourth-order valence-corrected chi connectivity index (χ4v) is 4.13. The van der Waals surface area contributed by atoms with E-state index in [0.29, 0.717) is 25.7 Å². The van der Waals surface area contributed by atoms with Gasteiger partial charge in [-0.15, -0.1) is 15.3 Å². The highest BCUT2D eigenvalue weighted by atomic mass is 35.5. The van der Waals surface area contributed by atoms with E-state index in [9.17, 15) is 9.59 Å². The summed E-state index contributed by atoms with van der Waals surface area (Å²) < 4.78 is 1.82. The molecule has 0 bridgehead atoms. The van der Waals surface area contributed by atoms with Crippen LogP contribution in [0.25, 0.3) is 4.96 Å². The van der Waals surface area contributed by atoms with Crippen molar-refractivity contribution in [2.24, 2.45) is 0 Å². The maximum Gasteiger partial charge on any atom is 0.297 e. The maximum atomic E-state index is 12.5. The first-order valence-corrected chi connectivity index (χ1v) is 10.3. The van der Waals surface area contributed by atoms with Gasteiger partial charge in [-0.3, -0.25) is 9.59 Å². The molecule has 0 atom stereocenters. The molecule has 0 unspecified atom stereocenters. The van der Waals surface area contributed by atoms with Crippen LogP contribution in [0.5, 0.6) is 0 Å². The van der Waals surface area contributed by atoms with Crippen LogP contribution < -0.4 is 10.9 Å². The van der Waals surface area contributed by atoms with Gasteiger partial charge in [0.15, 0.2) is 4.34 Å². The Bertz CT molecular complexity index is 1070. The molecule has 0 aliphatic carbocycles. The average molecular weight is 424 g/mol. The van der Waals surface area contributed by atoms with E-state index in [0.717, 1.165) is 5.56 Å². The van der Waals surface area contributed by atoms with Gasteiger partial charge in [-0.25, -0.2) is 0 Å². The molecular weight excluding hydrogens is 406 g/mol. The molecule has 0 aliphatic rings. The van der Waals surface area contributed by atoms with Gasteiger partial charge in [0, 0.05) is 16.1 Å². The maximum absolute atomic E-state index is 12.5. The molecule has 0 aliphatic heterocycles. The predicted molar refractivity (Wildman–Crippen MR) is 109 cm³/mol. The zero-order valence-electron chi connectivity index (χ0n) is 15.2. The summed E-state index contributed by atoms with van der Waals surface area (Å²) in [5.74, 6) is -0.0291. The first kappa shape index (κ1) is 19.8. The van der Waals surface area contributed by atoms with Crippen LogP contribution in [-0.4, -0.2) is 31.5 Å². The highest BCUT2D eigenvalue weighted by Crippen LogP contribution is 2.26. The lowest BCUT2D eigenvalue weighted by Crippen LogP contribution is -2.30. The second kappa shape index (κ2) is 7.57. The minimum atomic E-state index is -0.420. The van der Waals surface area contributed by atoms with Crippen molar-refractivity contribution in [1.82, 2.24) is 19.8 Å². The zero-order chi connectivity index (χ0) is 19.8. The van der Waals surface area contributed by atoms with Crippen molar-refractivity contribution in [1.29, 1.82) is 0 Å². The third-order valence-electron chi connectivity index (χ3n) is 3.75. The molecule has 2 heterocycles. The van der Waals surface area contributed by atoms with Gasteiger partial charge in [0.1, 0.15) is 5.69 Å². The van der Waals surface area contributed by atoms with E-state index in [2.05, 4.69) is 20.6 Å². The molecule has 0 fully saturated rings. The van der Waals surface area contributed by atoms with Gasteiger partial charge in [-0.05, 0) is 24.6 Å². The smallest absolute Gasteiger partial charge is 0.297 e. The van der Waals surface area contributed by atoms with Crippen molar-refractivity contribution in [3.63, 3.8) is 0 Å². The number of benzene rings is 1. The lowest BCUT2D eigenvalue weighted by Gasteiger charge is -2.14. The standard InChI is InChI=1S/C17H18ClN5O2S2/c1-9-10(18)6-5-7-11(9)19-12(24)8-26-16-22-23-14(25)13(17(2,3)4)20-21-15(23)27-16/h5-7H,8H2,1-4H3,(H,19,24). The Morgan fingerprint density at radius 3 is 2.78 bits per heavy atom. The summed E-state index contributed by atoms with van der Waals surface area (Å²) in [5, 5.41) is 15.8. The molecule has 3 rings (SSSR count). The number of thioether (sulfide) groups is 1. The number of hydrogen-bond donors (Lipinski definition) is 1. The summed E-state index contributed by atoms with van der Waals surface area (Å²) in [5.41, 5.74) is 1.14. The molecule has 0 radical (unpaired) electrons. The Balaban J connectivity index is 1.74. The highest BCUT2D eigenvalue weighted by molar-refractivity contribution is 8.01. The molecule has 27 heavy (non-hydrogen) atoms. The molecule has 3 aromatic rings. The van der Waals surface area contributed by atoms with Crippen molar-refractivity contribution in [2.75, 3.05) is 11.1 Å². The van der Waals surface area contributed by atoms with Crippen LogP contribution in [0.15, 0.2) is 27.3 Å². The summed E-state index contributed by atoms with van der Waals surface area (Å²) in [4.78, 5) is 25.2. The van der Waals surface area contributed by atoms with Gasteiger partial charge in [-0.2, -0.15) is 4.52 Å². The van der Waals surface area contributed by atoms with Crippen LogP contribution in [0.3, 0.4) is 0 Å². The molecular formula is C17H18ClN5O2S2. The Kier molecular flexibility index (Phi) is 5.55. The van der Waals surface area contributed by atoms with E-state index in [1.54, 1.807) is 18.2 Å². The largest absolute Gasteiger partial charge is 0.325 e. The summed E-state index contributed by atoms with van der Waals surface area (Å²) >= 11 is 8.53. The number of amides is 1. The summed E-state index contributed by atoms with van der Waals surface area (Å²) in [6, 6.07) is 5.35. The second-order valence-electron chi connectivity index (χ2n) is 6.92. The SMILES string of the molecule is Cc1c(Cl)cccc1NC(=O)CSc1nn2c(=O)c(C(C)(C)C)nnc2s1. The molecule has 1 N–H and O–H groups in total. The lowest BCUT2D eigenvalue weighted by molar-refractivity contribution is -0.113. The second-order valence-corrected chi connectivity index (χ2v) is 9.50. The number of rotatable bonds is 4. The van der Waals surface area contributed by atoms with E-state index in [1.165, 1.54) is 27.6 Å². The zero-order valence-corrected chi connectivity index (χ0v) is 17.6. The Morgan fingerprint density at radius 2 is 2.07 bits per heavy atom. The number of carbonyl (C=O) groups excluding carboxylic acids is 1. The number of fused-ring (bicyclic) bond motifs is 1. The Morgan fingerprint density at radius 1 is 1.33 bits per heavy atom. The minimum absolute atomic E-state index is 0.153. The first-order valence-electron chi connectivity index (χ1n) is 8.11. The quantitative estimate of drug-likeness (QED) is 0.645. The van der Waals surface area contributed by atoms with Gasteiger partial charge >= 0.3 is 0 Å². The van der Waals surface area contributed by atoms with Gasteiger partial charge in [0.05, 0.1) is 5.75 Å². The average Bonchev–Trinajstić information content (AvgIpc) is 3.00. The van der Waals surface area contributed by atoms with Gasteiger partial charge in [0.2, 0.25) is 10.9 Å². The van der Waals surface area contributed by atoms with Crippen LogP contribution in [0, 0.1) is 6.92 Å². The number of hydrogen-bond acceptors (Lipinski definition) is 7. The molecule has 1 amide bonds. The predicted octanol–water partition coefficient (Wildman–Crippen LogP) is 3.54. The van der Waals surface area contributed by atoms with Crippen molar-refractivity contribution in [2.45, 2.75) is 37.4 Å². The van der Waals surface area contributed by atoms with E-state index >= 15 is 0 Å². The van der Waals surface area contributed by atoms with Crippen LogP contribution in [0.2, 0.25) is 5.02 Å². The summed E-state index contributed by atoms with van der Waals surface area (Å²) in [6.07, 6.45) is 0. The number of halogens is 1. The van der Waals surface area contributed by atoms with E-state index in [1.807, 2.05) is 27.7 Å². The molecule has 1 aromatic carbocycles. The van der Waals surface area contributed by atoms with E-state index in [-0.39, 0.29) is 17.2 Å². The van der Waals surface area contributed by atoms with Crippen molar-refractivity contribution in [3.8, 4) is 0 Å².